The minimum atomic E-state index is -0.778. The molecule has 0 bridgehead atoms. The molecule has 0 atom stereocenters. The lowest BCUT2D eigenvalue weighted by Crippen LogP contribution is -2.46. The summed E-state index contributed by atoms with van der Waals surface area (Å²) in [6.45, 7) is 5.74. The molecule has 2 aromatic rings. The molecule has 0 N–H and O–H groups in total. The number of rotatable bonds is 5. The lowest BCUT2D eigenvalue weighted by molar-refractivity contribution is 0.128. The van der Waals surface area contributed by atoms with Crippen molar-refractivity contribution in [1.82, 2.24) is 9.80 Å². The monoisotopic (exact) mass is 316 g/mol. The van der Waals surface area contributed by atoms with E-state index in [2.05, 4.69) is 34.1 Å². The van der Waals surface area contributed by atoms with Crippen LogP contribution in [0.2, 0.25) is 0 Å². The highest BCUT2D eigenvalue weighted by molar-refractivity contribution is 5.18. The fourth-order valence-electron chi connectivity index (χ4n) is 3.00. The molecule has 1 aliphatic rings. The Morgan fingerprint density at radius 2 is 1.43 bits per heavy atom. The molecule has 23 heavy (non-hydrogen) atoms. The Balaban J connectivity index is 1.44. The lowest BCUT2D eigenvalue weighted by atomic mass is 10.1. The van der Waals surface area contributed by atoms with Crippen molar-refractivity contribution in [3.05, 3.63) is 71.3 Å². The highest BCUT2D eigenvalue weighted by Crippen LogP contribution is 2.13. The fraction of sp³-hybridized carbons (Fsp3) is 0.368. The third-order valence-electron chi connectivity index (χ3n) is 4.41. The summed E-state index contributed by atoms with van der Waals surface area (Å²) in [7, 11) is 0. The van der Waals surface area contributed by atoms with Gasteiger partial charge in [0.1, 0.15) is 0 Å². The summed E-state index contributed by atoms with van der Waals surface area (Å²) in [6.07, 6.45) is 1.07. The van der Waals surface area contributed by atoms with Crippen molar-refractivity contribution in [2.24, 2.45) is 0 Å². The standard InChI is InChI=1S/C19H22F2N2/c20-18-7-6-17(14-19(18)21)15-23-12-10-22(11-13-23)9-8-16-4-2-1-3-5-16/h1-7,14H,8-13,15H2. The van der Waals surface area contributed by atoms with Crippen LogP contribution in [0.3, 0.4) is 0 Å². The van der Waals surface area contributed by atoms with Gasteiger partial charge in [0, 0.05) is 39.3 Å². The van der Waals surface area contributed by atoms with Crippen molar-refractivity contribution in [3.63, 3.8) is 0 Å². The third-order valence-corrected chi connectivity index (χ3v) is 4.41. The van der Waals surface area contributed by atoms with E-state index < -0.39 is 11.6 Å². The second kappa shape index (κ2) is 7.66. The van der Waals surface area contributed by atoms with Gasteiger partial charge in [0.25, 0.3) is 0 Å². The number of hydrogen-bond donors (Lipinski definition) is 0. The van der Waals surface area contributed by atoms with Gasteiger partial charge in [-0.05, 0) is 29.7 Å². The average molecular weight is 316 g/mol. The molecule has 1 aliphatic heterocycles. The zero-order valence-electron chi connectivity index (χ0n) is 13.2. The maximum absolute atomic E-state index is 13.3. The van der Waals surface area contributed by atoms with Gasteiger partial charge >= 0.3 is 0 Å². The molecule has 1 saturated heterocycles. The maximum Gasteiger partial charge on any atom is 0.159 e. The Labute approximate surface area is 136 Å². The molecule has 1 heterocycles. The highest BCUT2D eigenvalue weighted by Gasteiger charge is 2.17. The normalized spacial score (nSPS) is 16.6. The van der Waals surface area contributed by atoms with Crippen LogP contribution in [0.15, 0.2) is 48.5 Å². The SMILES string of the molecule is Fc1ccc(CN2CCN(CCc3ccccc3)CC2)cc1F. The Morgan fingerprint density at radius 3 is 2.13 bits per heavy atom. The number of hydrogen-bond acceptors (Lipinski definition) is 2. The first-order valence-corrected chi connectivity index (χ1v) is 8.13. The van der Waals surface area contributed by atoms with E-state index in [1.807, 2.05) is 6.07 Å². The number of halogens is 2. The van der Waals surface area contributed by atoms with E-state index in [1.54, 1.807) is 6.07 Å². The Morgan fingerprint density at radius 1 is 0.739 bits per heavy atom. The predicted molar refractivity (Wildman–Crippen MR) is 88.2 cm³/mol. The summed E-state index contributed by atoms with van der Waals surface area (Å²) in [4.78, 5) is 4.76. The molecule has 0 amide bonds. The van der Waals surface area contributed by atoms with Crippen molar-refractivity contribution in [2.45, 2.75) is 13.0 Å². The zero-order valence-corrected chi connectivity index (χ0v) is 13.2. The maximum atomic E-state index is 13.3. The molecule has 122 valence electrons. The summed E-state index contributed by atoms with van der Waals surface area (Å²) in [5.74, 6) is -1.54. The second-order valence-corrected chi connectivity index (χ2v) is 6.10. The second-order valence-electron chi connectivity index (χ2n) is 6.10. The van der Waals surface area contributed by atoms with Crippen LogP contribution in [0.5, 0.6) is 0 Å². The van der Waals surface area contributed by atoms with Crippen LogP contribution in [0.1, 0.15) is 11.1 Å². The quantitative estimate of drug-likeness (QED) is 0.835. The van der Waals surface area contributed by atoms with E-state index in [0.717, 1.165) is 44.7 Å². The van der Waals surface area contributed by atoms with Gasteiger partial charge in [-0.25, -0.2) is 8.78 Å². The first kappa shape index (κ1) is 16.1. The molecule has 2 aromatic carbocycles. The molecule has 0 aliphatic carbocycles. The summed E-state index contributed by atoms with van der Waals surface area (Å²) in [5.41, 5.74) is 2.21. The van der Waals surface area contributed by atoms with Crippen LogP contribution >= 0.6 is 0 Å². The van der Waals surface area contributed by atoms with E-state index in [-0.39, 0.29) is 0 Å². The highest BCUT2D eigenvalue weighted by atomic mass is 19.2. The number of piperazine rings is 1. The number of nitrogens with zero attached hydrogens (tertiary/aromatic N) is 2. The molecule has 0 spiro atoms. The number of benzene rings is 2. The fourth-order valence-corrected chi connectivity index (χ4v) is 3.00. The molecular formula is C19H22F2N2. The molecule has 0 saturated carbocycles. The van der Waals surface area contributed by atoms with Crippen molar-refractivity contribution in [1.29, 1.82) is 0 Å². The first-order chi connectivity index (χ1) is 11.2. The van der Waals surface area contributed by atoms with Crippen LogP contribution in [0.4, 0.5) is 8.78 Å². The van der Waals surface area contributed by atoms with Crippen molar-refractivity contribution >= 4 is 0 Å². The Bertz CT molecular complexity index is 623. The molecule has 4 heteroatoms. The predicted octanol–water partition coefficient (Wildman–Crippen LogP) is 3.33. The van der Waals surface area contributed by atoms with Crippen molar-refractivity contribution < 1.29 is 8.78 Å². The lowest BCUT2D eigenvalue weighted by Gasteiger charge is -2.34. The molecule has 2 nitrogen and oxygen atoms in total. The first-order valence-electron chi connectivity index (χ1n) is 8.13. The van der Waals surface area contributed by atoms with Gasteiger partial charge in [-0.2, -0.15) is 0 Å². The van der Waals surface area contributed by atoms with E-state index >= 15 is 0 Å². The van der Waals surface area contributed by atoms with Crippen LogP contribution in [0.25, 0.3) is 0 Å². The molecule has 3 rings (SSSR count). The molecular weight excluding hydrogens is 294 g/mol. The minimum Gasteiger partial charge on any atom is -0.300 e. The molecule has 1 fully saturated rings. The van der Waals surface area contributed by atoms with E-state index in [4.69, 9.17) is 0 Å². The van der Waals surface area contributed by atoms with Crippen LogP contribution < -0.4 is 0 Å². The van der Waals surface area contributed by atoms with Gasteiger partial charge in [0.15, 0.2) is 11.6 Å². The molecule has 0 unspecified atom stereocenters. The van der Waals surface area contributed by atoms with Gasteiger partial charge in [0.2, 0.25) is 0 Å². The summed E-state index contributed by atoms with van der Waals surface area (Å²) in [6, 6.07) is 14.7. The van der Waals surface area contributed by atoms with Gasteiger partial charge < -0.3 is 4.90 Å². The summed E-state index contributed by atoms with van der Waals surface area (Å²) in [5, 5.41) is 0. The third kappa shape index (κ3) is 4.60. The van der Waals surface area contributed by atoms with Crippen molar-refractivity contribution in [2.75, 3.05) is 32.7 Å². The summed E-state index contributed by atoms with van der Waals surface area (Å²) >= 11 is 0. The average Bonchev–Trinajstić information content (AvgIpc) is 2.58. The minimum absolute atomic E-state index is 0.684. The van der Waals surface area contributed by atoms with Crippen LogP contribution in [0, 0.1) is 11.6 Å². The smallest absolute Gasteiger partial charge is 0.159 e. The molecule has 0 aromatic heterocycles. The van der Waals surface area contributed by atoms with Crippen LogP contribution in [-0.4, -0.2) is 42.5 Å². The van der Waals surface area contributed by atoms with Gasteiger partial charge in [-0.3, -0.25) is 4.90 Å². The van der Waals surface area contributed by atoms with E-state index in [0.29, 0.717) is 6.54 Å². The Hall–Kier alpha value is -1.78. The largest absolute Gasteiger partial charge is 0.300 e. The van der Waals surface area contributed by atoms with E-state index in [1.165, 1.54) is 17.7 Å². The zero-order chi connectivity index (χ0) is 16.1. The van der Waals surface area contributed by atoms with Crippen LogP contribution in [-0.2, 0) is 13.0 Å². The topological polar surface area (TPSA) is 6.48 Å². The summed E-state index contributed by atoms with van der Waals surface area (Å²) < 4.78 is 26.2. The van der Waals surface area contributed by atoms with Crippen molar-refractivity contribution in [3.8, 4) is 0 Å². The van der Waals surface area contributed by atoms with Gasteiger partial charge in [0.05, 0.1) is 0 Å². The molecule has 0 radical (unpaired) electrons. The van der Waals surface area contributed by atoms with E-state index in [9.17, 15) is 8.78 Å². The van der Waals surface area contributed by atoms with Gasteiger partial charge in [-0.1, -0.05) is 36.4 Å². The van der Waals surface area contributed by atoms with Gasteiger partial charge in [-0.15, -0.1) is 0 Å². The Kier molecular flexibility index (Phi) is 5.36.